The second-order valence-electron chi connectivity index (χ2n) is 3.39. The molecule has 1 unspecified atom stereocenters. The highest BCUT2D eigenvalue weighted by molar-refractivity contribution is 8.18. The van der Waals surface area contributed by atoms with Crippen LogP contribution in [0.2, 0.25) is 0 Å². The smallest absolute Gasteiger partial charge is 0.184 e. The molecule has 3 rings (SSSR count). The van der Waals surface area contributed by atoms with Gasteiger partial charge in [0.2, 0.25) is 0 Å². The zero-order chi connectivity index (χ0) is 11.1. The Hall–Kier alpha value is -1.27. The van der Waals surface area contributed by atoms with Gasteiger partial charge in [0, 0.05) is 11.0 Å². The van der Waals surface area contributed by atoms with Crippen LogP contribution >= 0.6 is 23.5 Å². The minimum absolute atomic E-state index is 0.00949. The molecule has 0 saturated heterocycles. The second-order valence-corrected chi connectivity index (χ2v) is 5.38. The molecule has 0 fully saturated rings. The summed E-state index contributed by atoms with van der Waals surface area (Å²) in [7, 11) is 0. The third kappa shape index (κ3) is 1.45. The maximum atomic E-state index is 9.81. The fourth-order valence-electron chi connectivity index (χ4n) is 1.66. The predicted octanol–water partition coefficient (Wildman–Crippen LogP) is 2.22. The number of benzene rings is 1. The molecule has 1 aromatic carbocycles. The Kier molecular flexibility index (Phi) is 2.26. The van der Waals surface area contributed by atoms with E-state index in [1.807, 2.05) is 28.6 Å². The van der Waals surface area contributed by atoms with Crippen molar-refractivity contribution in [1.82, 2.24) is 5.01 Å². The summed E-state index contributed by atoms with van der Waals surface area (Å²) in [5.41, 5.74) is 6.52. The third-order valence-electron chi connectivity index (χ3n) is 2.36. The zero-order valence-corrected chi connectivity index (χ0v) is 9.83. The van der Waals surface area contributed by atoms with E-state index in [-0.39, 0.29) is 5.37 Å². The molecule has 0 saturated carbocycles. The standard InChI is InChI=1S/C10H9N3OS2/c11-10-12-13-8(16-10)5-15-9(13)6-3-1-2-4-7(6)14/h1-5,9,14H,(H2,11,12). The number of nitrogens with two attached hydrogens (primary N) is 1. The van der Waals surface area contributed by atoms with Crippen molar-refractivity contribution in [3.8, 4) is 5.75 Å². The highest BCUT2D eigenvalue weighted by atomic mass is 32.2. The summed E-state index contributed by atoms with van der Waals surface area (Å²) in [4.78, 5) is 0. The minimum Gasteiger partial charge on any atom is -0.508 e. The van der Waals surface area contributed by atoms with Crippen LogP contribution in [0.1, 0.15) is 10.9 Å². The van der Waals surface area contributed by atoms with E-state index >= 15 is 0 Å². The minimum atomic E-state index is -0.00949. The van der Waals surface area contributed by atoms with Crippen LogP contribution in [0.5, 0.6) is 5.75 Å². The van der Waals surface area contributed by atoms with Crippen LogP contribution < -0.4 is 5.73 Å². The number of thioether (sulfide) groups is 2. The Morgan fingerprint density at radius 2 is 2.19 bits per heavy atom. The molecule has 0 radical (unpaired) electrons. The number of phenolic OH excluding ortho intramolecular Hbond substituents is 1. The Labute approximate surface area is 101 Å². The molecule has 82 valence electrons. The van der Waals surface area contributed by atoms with E-state index < -0.39 is 0 Å². The molecule has 1 atom stereocenters. The second kappa shape index (κ2) is 3.64. The van der Waals surface area contributed by atoms with Gasteiger partial charge in [-0.15, -0.1) is 5.10 Å². The number of hydrogen-bond donors (Lipinski definition) is 2. The maximum Gasteiger partial charge on any atom is 0.184 e. The summed E-state index contributed by atoms with van der Waals surface area (Å²) in [6.07, 6.45) is 0. The van der Waals surface area contributed by atoms with Gasteiger partial charge in [0.05, 0.1) is 0 Å². The average Bonchev–Trinajstić information content (AvgIpc) is 2.78. The van der Waals surface area contributed by atoms with Crippen molar-refractivity contribution in [2.75, 3.05) is 0 Å². The first-order valence-electron chi connectivity index (χ1n) is 4.70. The summed E-state index contributed by atoms with van der Waals surface area (Å²) in [6, 6.07) is 7.30. The monoisotopic (exact) mass is 251 g/mol. The number of aromatic hydroxyl groups is 1. The van der Waals surface area contributed by atoms with Gasteiger partial charge >= 0.3 is 0 Å². The van der Waals surface area contributed by atoms with Crippen molar-refractivity contribution in [3.05, 3.63) is 40.3 Å². The van der Waals surface area contributed by atoms with Crippen LogP contribution in [-0.4, -0.2) is 15.3 Å². The van der Waals surface area contributed by atoms with Gasteiger partial charge < -0.3 is 10.8 Å². The molecule has 0 spiro atoms. The third-order valence-corrected chi connectivity index (χ3v) is 4.39. The van der Waals surface area contributed by atoms with Crippen molar-refractivity contribution in [3.63, 3.8) is 0 Å². The number of nitrogens with zero attached hydrogens (tertiary/aromatic N) is 2. The molecule has 6 heteroatoms. The molecule has 2 heterocycles. The summed E-state index contributed by atoms with van der Waals surface area (Å²) in [5, 5.41) is 19.5. The van der Waals surface area contributed by atoms with Gasteiger partial charge in [0.15, 0.2) is 5.17 Å². The normalized spacial score (nSPS) is 23.0. The quantitative estimate of drug-likeness (QED) is 0.801. The SMILES string of the molecule is NC1=NN2C(=CSC2c2ccccc2O)S1. The predicted molar refractivity (Wildman–Crippen MR) is 67.6 cm³/mol. The van der Waals surface area contributed by atoms with Gasteiger partial charge in [-0.3, -0.25) is 0 Å². The fourth-order valence-corrected chi connectivity index (χ4v) is 3.64. The molecule has 0 aliphatic carbocycles. The first kappa shape index (κ1) is 9.92. The van der Waals surface area contributed by atoms with Crippen LogP contribution in [0.4, 0.5) is 0 Å². The molecule has 0 amide bonds. The lowest BCUT2D eigenvalue weighted by Gasteiger charge is -2.19. The molecule has 2 aliphatic rings. The number of fused-ring (bicyclic) bond motifs is 1. The summed E-state index contributed by atoms with van der Waals surface area (Å²) in [5.74, 6) is 0.292. The van der Waals surface area contributed by atoms with E-state index in [0.29, 0.717) is 10.9 Å². The molecule has 0 bridgehead atoms. The Morgan fingerprint density at radius 1 is 1.38 bits per heavy atom. The van der Waals surface area contributed by atoms with Crippen molar-refractivity contribution >= 4 is 28.7 Å². The van der Waals surface area contributed by atoms with Gasteiger partial charge in [-0.05, 0) is 17.8 Å². The first-order valence-corrected chi connectivity index (χ1v) is 6.46. The van der Waals surface area contributed by atoms with E-state index in [2.05, 4.69) is 5.10 Å². The van der Waals surface area contributed by atoms with Crippen LogP contribution in [-0.2, 0) is 0 Å². The van der Waals surface area contributed by atoms with Gasteiger partial charge in [0.25, 0.3) is 0 Å². The number of phenols is 1. The number of hydrazone groups is 1. The first-order chi connectivity index (χ1) is 7.75. The van der Waals surface area contributed by atoms with Crippen molar-refractivity contribution in [2.24, 2.45) is 10.8 Å². The Balaban J connectivity index is 1.96. The molecular weight excluding hydrogens is 242 g/mol. The van der Waals surface area contributed by atoms with Crippen LogP contribution in [0, 0.1) is 0 Å². The van der Waals surface area contributed by atoms with Crippen molar-refractivity contribution in [2.45, 2.75) is 5.37 Å². The fraction of sp³-hybridized carbons (Fsp3) is 0.100. The number of hydrogen-bond acceptors (Lipinski definition) is 6. The highest BCUT2D eigenvalue weighted by Crippen LogP contribution is 2.50. The Morgan fingerprint density at radius 3 is 3.00 bits per heavy atom. The zero-order valence-electron chi connectivity index (χ0n) is 8.20. The molecule has 16 heavy (non-hydrogen) atoms. The molecular formula is C10H9N3OS2. The lowest BCUT2D eigenvalue weighted by Crippen LogP contribution is -2.13. The van der Waals surface area contributed by atoms with E-state index in [1.54, 1.807) is 17.8 Å². The number of rotatable bonds is 1. The summed E-state index contributed by atoms with van der Waals surface area (Å²) >= 11 is 3.08. The summed E-state index contributed by atoms with van der Waals surface area (Å²) < 4.78 is 0. The van der Waals surface area contributed by atoms with Crippen molar-refractivity contribution in [1.29, 1.82) is 0 Å². The van der Waals surface area contributed by atoms with E-state index in [4.69, 9.17) is 5.73 Å². The molecule has 2 aliphatic heterocycles. The number of amidine groups is 1. The van der Waals surface area contributed by atoms with Crippen molar-refractivity contribution < 1.29 is 5.11 Å². The van der Waals surface area contributed by atoms with Gasteiger partial charge in [-0.25, -0.2) is 5.01 Å². The molecule has 1 aromatic rings. The summed E-state index contributed by atoms with van der Waals surface area (Å²) in [6.45, 7) is 0. The average molecular weight is 251 g/mol. The topological polar surface area (TPSA) is 61.8 Å². The van der Waals surface area contributed by atoms with Crippen LogP contribution in [0.25, 0.3) is 0 Å². The molecule has 3 N–H and O–H groups in total. The lowest BCUT2D eigenvalue weighted by atomic mass is 10.2. The highest BCUT2D eigenvalue weighted by Gasteiger charge is 2.34. The van der Waals surface area contributed by atoms with E-state index in [9.17, 15) is 5.11 Å². The van der Waals surface area contributed by atoms with Crippen LogP contribution in [0.3, 0.4) is 0 Å². The van der Waals surface area contributed by atoms with Gasteiger partial charge in [-0.1, -0.05) is 30.0 Å². The van der Waals surface area contributed by atoms with Crippen LogP contribution in [0.15, 0.2) is 39.8 Å². The number of para-hydroxylation sites is 1. The van der Waals surface area contributed by atoms with E-state index in [0.717, 1.165) is 10.6 Å². The largest absolute Gasteiger partial charge is 0.508 e. The van der Waals surface area contributed by atoms with E-state index in [1.165, 1.54) is 11.8 Å². The lowest BCUT2D eigenvalue weighted by molar-refractivity contribution is 0.373. The molecule has 4 nitrogen and oxygen atoms in total. The van der Waals surface area contributed by atoms with Gasteiger partial charge in [-0.2, -0.15) is 0 Å². The maximum absolute atomic E-state index is 9.81. The van der Waals surface area contributed by atoms with Gasteiger partial charge in [0.1, 0.15) is 16.2 Å². The Bertz CT molecular complexity index is 501. The molecule has 0 aromatic heterocycles.